The lowest BCUT2D eigenvalue weighted by molar-refractivity contribution is -0.151. The zero-order chi connectivity index (χ0) is 22.9. The van der Waals surface area contributed by atoms with Gasteiger partial charge >= 0.3 is 18.0 Å². The summed E-state index contributed by atoms with van der Waals surface area (Å²) in [6.07, 6.45) is 0.506. The molecule has 0 saturated heterocycles. The number of hydrogen-bond acceptors (Lipinski definition) is 5. The maximum atomic E-state index is 13.4. The molecular weight excluding hydrogens is 408 g/mol. The van der Waals surface area contributed by atoms with E-state index in [0.29, 0.717) is 26.1 Å². The van der Waals surface area contributed by atoms with E-state index >= 15 is 0 Å². The highest BCUT2D eigenvalue weighted by atomic mass is 16.5. The summed E-state index contributed by atoms with van der Waals surface area (Å²) in [5.41, 5.74) is 2.93. The Morgan fingerprint density at radius 2 is 1.66 bits per heavy atom. The molecule has 0 unspecified atom stereocenters. The number of esters is 2. The van der Waals surface area contributed by atoms with Gasteiger partial charge in [-0.2, -0.15) is 0 Å². The molecule has 2 amide bonds. The molecule has 170 valence electrons. The summed E-state index contributed by atoms with van der Waals surface area (Å²) in [5.74, 6) is -0.778. The van der Waals surface area contributed by atoms with E-state index in [1.807, 2.05) is 61.5 Å². The van der Waals surface area contributed by atoms with E-state index in [1.54, 1.807) is 16.7 Å². The third-order valence-electron chi connectivity index (χ3n) is 5.53. The third kappa shape index (κ3) is 5.87. The van der Waals surface area contributed by atoms with E-state index in [4.69, 9.17) is 9.47 Å². The van der Waals surface area contributed by atoms with Crippen molar-refractivity contribution < 1.29 is 23.9 Å². The molecule has 3 rings (SSSR count). The fourth-order valence-corrected chi connectivity index (χ4v) is 3.79. The third-order valence-corrected chi connectivity index (χ3v) is 5.53. The topological polar surface area (TPSA) is 76.2 Å². The van der Waals surface area contributed by atoms with Crippen LogP contribution in [-0.2, 0) is 38.6 Å². The van der Waals surface area contributed by atoms with Crippen molar-refractivity contribution in [3.05, 3.63) is 71.3 Å². The highest BCUT2D eigenvalue weighted by molar-refractivity contribution is 5.85. The molecule has 2 aromatic carbocycles. The normalized spacial score (nSPS) is 14.9. The Bertz CT molecular complexity index is 931. The molecule has 1 aliphatic rings. The lowest BCUT2D eigenvalue weighted by Gasteiger charge is -2.38. The SMILES string of the molecule is CCOC(=O)CCN(CC)C(=O)N1Cc2ccccc2C[C@H]1C(=O)OCc1ccccc1. The van der Waals surface area contributed by atoms with Crippen molar-refractivity contribution in [1.29, 1.82) is 0 Å². The maximum Gasteiger partial charge on any atom is 0.329 e. The summed E-state index contributed by atoms with van der Waals surface area (Å²) in [4.78, 5) is 41.3. The number of urea groups is 1. The van der Waals surface area contributed by atoms with Crippen molar-refractivity contribution >= 4 is 18.0 Å². The minimum Gasteiger partial charge on any atom is -0.466 e. The monoisotopic (exact) mass is 438 g/mol. The lowest BCUT2D eigenvalue weighted by Crippen LogP contribution is -2.54. The molecule has 0 radical (unpaired) electrons. The summed E-state index contributed by atoms with van der Waals surface area (Å²) < 4.78 is 10.6. The zero-order valence-corrected chi connectivity index (χ0v) is 18.7. The average molecular weight is 439 g/mol. The van der Waals surface area contributed by atoms with E-state index in [2.05, 4.69) is 0 Å². The summed E-state index contributed by atoms with van der Waals surface area (Å²) in [5, 5.41) is 0. The van der Waals surface area contributed by atoms with E-state index in [-0.39, 0.29) is 31.6 Å². The van der Waals surface area contributed by atoms with Crippen LogP contribution in [0.2, 0.25) is 0 Å². The Labute approximate surface area is 188 Å². The largest absolute Gasteiger partial charge is 0.466 e. The minimum absolute atomic E-state index is 0.112. The Morgan fingerprint density at radius 3 is 2.34 bits per heavy atom. The first kappa shape index (κ1) is 23.3. The van der Waals surface area contributed by atoms with Crippen LogP contribution in [0.3, 0.4) is 0 Å². The standard InChI is InChI=1S/C25H30N2O5/c1-3-26(15-14-23(28)31-4-2)25(30)27-17-21-13-9-8-12-20(21)16-22(27)24(29)32-18-19-10-6-5-7-11-19/h5-13,22H,3-4,14-18H2,1-2H3/t22-/m0/s1. The van der Waals surface area contributed by atoms with Crippen LogP contribution >= 0.6 is 0 Å². The van der Waals surface area contributed by atoms with Crippen LogP contribution in [0, 0.1) is 0 Å². The second-order valence-corrected chi connectivity index (χ2v) is 7.63. The van der Waals surface area contributed by atoms with Gasteiger partial charge in [-0.25, -0.2) is 9.59 Å². The van der Waals surface area contributed by atoms with Gasteiger partial charge in [-0.05, 0) is 30.5 Å². The van der Waals surface area contributed by atoms with Gasteiger partial charge in [0, 0.05) is 26.1 Å². The molecule has 32 heavy (non-hydrogen) atoms. The second kappa shape index (κ2) is 11.3. The minimum atomic E-state index is -0.724. The predicted molar refractivity (Wildman–Crippen MR) is 120 cm³/mol. The first-order valence-corrected chi connectivity index (χ1v) is 11.0. The smallest absolute Gasteiger partial charge is 0.329 e. The van der Waals surface area contributed by atoms with Gasteiger partial charge in [0.1, 0.15) is 12.6 Å². The van der Waals surface area contributed by atoms with Crippen molar-refractivity contribution in [2.75, 3.05) is 19.7 Å². The van der Waals surface area contributed by atoms with Crippen LogP contribution in [0.5, 0.6) is 0 Å². The molecule has 1 aliphatic heterocycles. The number of benzene rings is 2. The van der Waals surface area contributed by atoms with Crippen molar-refractivity contribution in [3.8, 4) is 0 Å². The van der Waals surface area contributed by atoms with Gasteiger partial charge in [0.2, 0.25) is 0 Å². The number of carbonyl (C=O) groups excluding carboxylic acids is 3. The van der Waals surface area contributed by atoms with Crippen LogP contribution in [0.15, 0.2) is 54.6 Å². The summed E-state index contributed by atoms with van der Waals surface area (Å²) in [6, 6.07) is 16.3. The number of rotatable bonds is 8. The number of ether oxygens (including phenoxy) is 2. The van der Waals surface area contributed by atoms with Gasteiger partial charge in [-0.15, -0.1) is 0 Å². The van der Waals surface area contributed by atoms with Crippen LogP contribution in [-0.4, -0.2) is 53.5 Å². The van der Waals surface area contributed by atoms with Crippen LogP contribution in [0.4, 0.5) is 4.79 Å². The summed E-state index contributed by atoms with van der Waals surface area (Å²) >= 11 is 0. The molecule has 0 fully saturated rings. The number of amides is 2. The molecule has 0 spiro atoms. The first-order valence-electron chi connectivity index (χ1n) is 11.0. The van der Waals surface area contributed by atoms with Crippen molar-refractivity contribution in [2.24, 2.45) is 0 Å². The Balaban J connectivity index is 1.75. The quantitative estimate of drug-likeness (QED) is 0.589. The van der Waals surface area contributed by atoms with Crippen molar-refractivity contribution in [2.45, 2.75) is 45.9 Å². The van der Waals surface area contributed by atoms with Crippen LogP contribution < -0.4 is 0 Å². The van der Waals surface area contributed by atoms with Gasteiger partial charge in [-0.1, -0.05) is 54.6 Å². The Hall–Kier alpha value is -3.35. The van der Waals surface area contributed by atoms with E-state index in [1.165, 1.54) is 0 Å². The molecule has 7 nitrogen and oxygen atoms in total. The number of hydrogen-bond donors (Lipinski definition) is 0. The predicted octanol–water partition coefficient (Wildman–Crippen LogP) is 3.55. The van der Waals surface area contributed by atoms with Gasteiger partial charge in [0.05, 0.1) is 13.0 Å². The fraction of sp³-hybridized carbons (Fsp3) is 0.400. The molecule has 0 N–H and O–H groups in total. The number of carbonyl (C=O) groups is 3. The molecule has 0 bridgehead atoms. The summed E-state index contributed by atoms with van der Waals surface area (Å²) in [7, 11) is 0. The van der Waals surface area contributed by atoms with Crippen molar-refractivity contribution in [1.82, 2.24) is 9.80 Å². The number of nitrogens with zero attached hydrogens (tertiary/aromatic N) is 2. The van der Waals surface area contributed by atoms with Crippen LogP contribution in [0.25, 0.3) is 0 Å². The van der Waals surface area contributed by atoms with E-state index in [0.717, 1.165) is 16.7 Å². The molecule has 1 heterocycles. The Morgan fingerprint density at radius 1 is 0.969 bits per heavy atom. The van der Waals surface area contributed by atoms with Gasteiger partial charge in [0.15, 0.2) is 0 Å². The Kier molecular flexibility index (Phi) is 8.25. The second-order valence-electron chi connectivity index (χ2n) is 7.63. The van der Waals surface area contributed by atoms with Crippen molar-refractivity contribution in [3.63, 3.8) is 0 Å². The molecule has 1 atom stereocenters. The van der Waals surface area contributed by atoms with Gasteiger partial charge in [0.25, 0.3) is 0 Å². The molecule has 0 aromatic heterocycles. The highest BCUT2D eigenvalue weighted by Gasteiger charge is 2.37. The summed E-state index contributed by atoms with van der Waals surface area (Å²) in [6.45, 7) is 5.02. The molecular formula is C25H30N2O5. The lowest BCUT2D eigenvalue weighted by atomic mass is 9.94. The van der Waals surface area contributed by atoms with Crippen LogP contribution in [0.1, 0.15) is 37.0 Å². The van der Waals surface area contributed by atoms with E-state index in [9.17, 15) is 14.4 Å². The molecule has 7 heteroatoms. The van der Waals surface area contributed by atoms with E-state index < -0.39 is 12.0 Å². The zero-order valence-electron chi connectivity index (χ0n) is 18.7. The van der Waals surface area contributed by atoms with Gasteiger partial charge < -0.3 is 19.3 Å². The maximum absolute atomic E-state index is 13.4. The molecule has 2 aromatic rings. The highest BCUT2D eigenvalue weighted by Crippen LogP contribution is 2.25. The number of fused-ring (bicyclic) bond motifs is 1. The first-order chi connectivity index (χ1) is 15.5. The van der Waals surface area contributed by atoms with Gasteiger partial charge in [-0.3, -0.25) is 4.79 Å². The molecule has 0 aliphatic carbocycles. The molecule has 0 saturated carbocycles. The fourth-order valence-electron chi connectivity index (χ4n) is 3.79. The average Bonchev–Trinajstić information content (AvgIpc) is 2.82.